The summed E-state index contributed by atoms with van der Waals surface area (Å²) in [5.74, 6) is -0.469. The second-order valence-corrected chi connectivity index (χ2v) is 4.35. The quantitative estimate of drug-likeness (QED) is 0.493. The van der Waals surface area contributed by atoms with Gasteiger partial charge in [-0.3, -0.25) is 10.1 Å². The maximum atomic E-state index is 13.1. The van der Waals surface area contributed by atoms with Crippen molar-refractivity contribution in [3.8, 4) is 0 Å². The molecule has 0 unspecified atom stereocenters. The molecule has 1 aliphatic carbocycles. The van der Waals surface area contributed by atoms with Gasteiger partial charge in [-0.2, -0.15) is 0 Å². The van der Waals surface area contributed by atoms with Crippen LogP contribution in [0, 0.1) is 15.9 Å². The van der Waals surface area contributed by atoms with Crippen molar-refractivity contribution < 1.29 is 9.31 Å². The second kappa shape index (κ2) is 5.62. The first-order valence-electron chi connectivity index (χ1n) is 6.02. The average molecular weight is 250 g/mol. The number of hydrogen-bond donors (Lipinski definition) is 1. The average Bonchev–Trinajstić information content (AvgIpc) is 2.82. The lowest BCUT2D eigenvalue weighted by Gasteiger charge is -2.07. The van der Waals surface area contributed by atoms with Crippen LogP contribution in [0.25, 0.3) is 0 Å². The van der Waals surface area contributed by atoms with E-state index < -0.39 is 10.7 Å². The minimum Gasteiger partial charge on any atom is -0.379 e. The lowest BCUT2D eigenvalue weighted by atomic mass is 10.1. The number of anilines is 1. The van der Waals surface area contributed by atoms with E-state index in [0.717, 1.165) is 25.3 Å². The van der Waals surface area contributed by atoms with Gasteiger partial charge in [0.15, 0.2) is 0 Å². The summed E-state index contributed by atoms with van der Waals surface area (Å²) in [5.41, 5.74) is 1.54. The highest BCUT2D eigenvalue weighted by Gasteiger charge is 2.14. The number of hydrogen-bond acceptors (Lipinski definition) is 3. The van der Waals surface area contributed by atoms with Crippen LogP contribution in [-0.2, 0) is 0 Å². The standard InChI is InChI=1S/C13H15FN2O2/c14-11-5-6-13(16(17)18)12(9-11)15-8-7-10-3-1-2-4-10/h3,5-6,9,15H,1-2,4,7-8H2. The van der Waals surface area contributed by atoms with Crippen molar-refractivity contribution >= 4 is 11.4 Å². The number of nitro groups is 1. The molecule has 0 saturated carbocycles. The van der Waals surface area contributed by atoms with E-state index in [1.807, 2.05) is 0 Å². The normalized spacial score (nSPS) is 14.4. The Morgan fingerprint density at radius 2 is 2.28 bits per heavy atom. The molecule has 1 aliphatic rings. The molecule has 0 amide bonds. The molecule has 1 aromatic carbocycles. The molecule has 2 rings (SSSR count). The molecule has 0 bridgehead atoms. The molecule has 0 radical (unpaired) electrons. The molecule has 0 saturated heterocycles. The minimum atomic E-state index is -0.503. The van der Waals surface area contributed by atoms with Gasteiger partial charge in [0.2, 0.25) is 0 Å². The summed E-state index contributed by atoms with van der Waals surface area (Å²) in [5, 5.41) is 13.7. The summed E-state index contributed by atoms with van der Waals surface area (Å²) in [6, 6.07) is 3.45. The van der Waals surface area contributed by atoms with Crippen LogP contribution in [0.3, 0.4) is 0 Å². The minimum absolute atomic E-state index is 0.0863. The van der Waals surface area contributed by atoms with Crippen LogP contribution in [0.15, 0.2) is 29.8 Å². The van der Waals surface area contributed by atoms with Gasteiger partial charge in [-0.1, -0.05) is 11.6 Å². The molecule has 1 N–H and O–H groups in total. The van der Waals surface area contributed by atoms with Crippen LogP contribution in [0.5, 0.6) is 0 Å². The lowest BCUT2D eigenvalue weighted by Crippen LogP contribution is -2.05. The molecule has 0 heterocycles. The highest BCUT2D eigenvalue weighted by atomic mass is 19.1. The molecular weight excluding hydrogens is 235 g/mol. The molecule has 96 valence electrons. The van der Waals surface area contributed by atoms with Crippen LogP contribution in [0.4, 0.5) is 15.8 Å². The van der Waals surface area contributed by atoms with E-state index in [1.165, 1.54) is 24.1 Å². The van der Waals surface area contributed by atoms with Gasteiger partial charge < -0.3 is 5.32 Å². The van der Waals surface area contributed by atoms with Crippen LogP contribution >= 0.6 is 0 Å². The van der Waals surface area contributed by atoms with Crippen LogP contribution < -0.4 is 5.32 Å². The molecule has 18 heavy (non-hydrogen) atoms. The van der Waals surface area contributed by atoms with Gasteiger partial charge >= 0.3 is 0 Å². The fraction of sp³-hybridized carbons (Fsp3) is 0.385. The van der Waals surface area contributed by atoms with Gasteiger partial charge in [0, 0.05) is 18.7 Å². The highest BCUT2D eigenvalue weighted by Crippen LogP contribution is 2.26. The Balaban J connectivity index is 1.99. The molecule has 1 aromatic rings. The topological polar surface area (TPSA) is 55.2 Å². The van der Waals surface area contributed by atoms with E-state index in [9.17, 15) is 14.5 Å². The summed E-state index contributed by atoms with van der Waals surface area (Å²) in [6.07, 6.45) is 6.48. The number of nitrogens with one attached hydrogen (secondary N) is 1. The van der Waals surface area contributed by atoms with Crippen LogP contribution in [0.1, 0.15) is 25.7 Å². The number of benzene rings is 1. The summed E-state index contributed by atoms with van der Waals surface area (Å²) in [7, 11) is 0. The van der Waals surface area contributed by atoms with Gasteiger partial charge in [0.1, 0.15) is 11.5 Å². The number of nitrogens with zero attached hydrogens (tertiary/aromatic N) is 1. The summed E-state index contributed by atoms with van der Waals surface area (Å²) in [4.78, 5) is 10.3. The molecular formula is C13H15FN2O2. The van der Waals surface area contributed by atoms with E-state index in [0.29, 0.717) is 6.54 Å². The lowest BCUT2D eigenvalue weighted by molar-refractivity contribution is -0.384. The third-order valence-corrected chi connectivity index (χ3v) is 3.05. The van der Waals surface area contributed by atoms with E-state index >= 15 is 0 Å². The molecule has 0 aliphatic heterocycles. The van der Waals surface area contributed by atoms with Crippen molar-refractivity contribution in [3.63, 3.8) is 0 Å². The van der Waals surface area contributed by atoms with Gasteiger partial charge in [-0.05, 0) is 31.7 Å². The van der Waals surface area contributed by atoms with E-state index in [4.69, 9.17) is 0 Å². The summed E-state index contributed by atoms with van der Waals surface area (Å²) in [6.45, 7) is 0.593. The van der Waals surface area contributed by atoms with Gasteiger partial charge in [-0.15, -0.1) is 0 Å². The van der Waals surface area contributed by atoms with Crippen molar-refractivity contribution in [1.82, 2.24) is 0 Å². The zero-order valence-corrected chi connectivity index (χ0v) is 9.99. The van der Waals surface area contributed by atoms with Crippen molar-refractivity contribution in [2.75, 3.05) is 11.9 Å². The first kappa shape index (κ1) is 12.5. The Hall–Kier alpha value is -1.91. The monoisotopic (exact) mass is 250 g/mol. The fourth-order valence-electron chi connectivity index (χ4n) is 2.13. The second-order valence-electron chi connectivity index (χ2n) is 4.35. The van der Waals surface area contributed by atoms with Crippen LogP contribution in [0.2, 0.25) is 0 Å². The van der Waals surface area contributed by atoms with E-state index in [2.05, 4.69) is 11.4 Å². The molecule has 4 nitrogen and oxygen atoms in total. The summed E-state index contributed by atoms with van der Waals surface area (Å²) >= 11 is 0. The zero-order chi connectivity index (χ0) is 13.0. The first-order chi connectivity index (χ1) is 8.66. The fourth-order valence-corrected chi connectivity index (χ4v) is 2.13. The van der Waals surface area contributed by atoms with Gasteiger partial charge in [0.05, 0.1) is 4.92 Å². The van der Waals surface area contributed by atoms with Crippen molar-refractivity contribution in [3.05, 3.63) is 45.8 Å². The maximum Gasteiger partial charge on any atom is 0.292 e. The third-order valence-electron chi connectivity index (χ3n) is 3.05. The summed E-state index contributed by atoms with van der Waals surface area (Å²) < 4.78 is 13.1. The number of rotatable bonds is 5. The van der Waals surface area contributed by atoms with Crippen molar-refractivity contribution in [2.45, 2.75) is 25.7 Å². The highest BCUT2D eigenvalue weighted by molar-refractivity contribution is 5.61. The van der Waals surface area contributed by atoms with Gasteiger partial charge in [0.25, 0.3) is 5.69 Å². The predicted molar refractivity (Wildman–Crippen MR) is 68.1 cm³/mol. The Morgan fingerprint density at radius 3 is 2.94 bits per heavy atom. The zero-order valence-electron chi connectivity index (χ0n) is 9.99. The Labute approximate surface area is 105 Å². The number of halogens is 1. The smallest absolute Gasteiger partial charge is 0.292 e. The van der Waals surface area contributed by atoms with Gasteiger partial charge in [-0.25, -0.2) is 4.39 Å². The van der Waals surface area contributed by atoms with E-state index in [1.54, 1.807) is 0 Å². The van der Waals surface area contributed by atoms with Crippen molar-refractivity contribution in [2.24, 2.45) is 0 Å². The third kappa shape index (κ3) is 3.06. The Morgan fingerprint density at radius 1 is 1.44 bits per heavy atom. The Bertz CT molecular complexity index is 486. The van der Waals surface area contributed by atoms with Crippen molar-refractivity contribution in [1.29, 1.82) is 0 Å². The molecule has 5 heteroatoms. The maximum absolute atomic E-state index is 13.1. The molecule has 0 aromatic heterocycles. The SMILES string of the molecule is O=[N+]([O-])c1ccc(F)cc1NCCC1=CCCC1. The largest absolute Gasteiger partial charge is 0.379 e. The molecule has 0 atom stereocenters. The molecule has 0 spiro atoms. The first-order valence-corrected chi connectivity index (χ1v) is 6.02. The number of allylic oxidation sites excluding steroid dienone is 1. The number of nitro benzene ring substituents is 1. The van der Waals surface area contributed by atoms with Crippen LogP contribution in [-0.4, -0.2) is 11.5 Å². The van der Waals surface area contributed by atoms with E-state index in [-0.39, 0.29) is 11.4 Å². The predicted octanol–water partition coefficient (Wildman–Crippen LogP) is 3.65. The Kier molecular flexibility index (Phi) is 3.92. The molecule has 0 fully saturated rings.